The molecule has 1 heterocycles. The Labute approximate surface area is 169 Å². The molecule has 0 aliphatic carbocycles. The van der Waals surface area contributed by atoms with E-state index >= 15 is 0 Å². The zero-order valence-electron chi connectivity index (χ0n) is 14.8. The van der Waals surface area contributed by atoms with Gasteiger partial charge >= 0.3 is 0 Å². The molecule has 0 saturated carbocycles. The fourth-order valence-corrected chi connectivity index (χ4v) is 3.00. The molecule has 0 fully saturated rings. The van der Waals surface area contributed by atoms with Crippen LogP contribution in [0.15, 0.2) is 72.8 Å². The van der Waals surface area contributed by atoms with Crippen molar-refractivity contribution in [3.8, 4) is 28.6 Å². The number of hydrogen-bond donors (Lipinski definition) is 1. The number of ether oxygens (including phenoxy) is 1. The molecule has 0 bridgehead atoms. The molecule has 144 valence electrons. The lowest BCUT2D eigenvalue weighted by Gasteiger charge is -2.09. The first-order valence-corrected chi connectivity index (χ1v) is 8.88. The van der Waals surface area contributed by atoms with Gasteiger partial charge in [-0.15, -0.1) is 0 Å². The molecule has 3 aromatic carbocycles. The summed E-state index contributed by atoms with van der Waals surface area (Å²) in [6, 6.07) is 18.9. The van der Waals surface area contributed by atoms with Gasteiger partial charge in [0.25, 0.3) is 5.69 Å². The first-order valence-electron chi connectivity index (χ1n) is 8.47. The molecule has 0 radical (unpaired) electrons. The summed E-state index contributed by atoms with van der Waals surface area (Å²) in [5, 5.41) is 17.7. The van der Waals surface area contributed by atoms with Gasteiger partial charge in [-0.05, 0) is 72.9 Å². The Bertz CT molecular complexity index is 1220. The number of H-pyrrole nitrogens is 1. The number of nitrogens with zero attached hydrogens (tertiary/aromatic N) is 3. The van der Waals surface area contributed by atoms with Crippen LogP contribution in [0.25, 0.3) is 17.1 Å². The predicted molar refractivity (Wildman–Crippen MR) is 107 cm³/mol. The van der Waals surface area contributed by atoms with E-state index in [1.165, 1.54) is 36.4 Å². The second-order valence-electron chi connectivity index (χ2n) is 6.04. The van der Waals surface area contributed by atoms with Crippen molar-refractivity contribution in [1.82, 2.24) is 14.8 Å². The number of nitro benzene ring substituents is 1. The molecule has 0 saturated heterocycles. The summed E-state index contributed by atoms with van der Waals surface area (Å²) in [5.74, 6) is 1.26. The van der Waals surface area contributed by atoms with Crippen molar-refractivity contribution in [3.05, 3.63) is 93.5 Å². The van der Waals surface area contributed by atoms with E-state index < -0.39 is 4.92 Å². The predicted octanol–water partition coefficient (Wildman–Crippen LogP) is 5.44. The Hall–Kier alpha value is -3.85. The van der Waals surface area contributed by atoms with Gasteiger partial charge in [0, 0.05) is 17.7 Å². The first-order chi connectivity index (χ1) is 14.0. The average Bonchev–Trinajstić information content (AvgIpc) is 3.11. The van der Waals surface area contributed by atoms with Gasteiger partial charge in [0.15, 0.2) is 10.6 Å². The number of rotatable bonds is 5. The van der Waals surface area contributed by atoms with Gasteiger partial charge in [0.2, 0.25) is 0 Å². The average molecular weight is 408 g/mol. The number of aromatic nitrogens is 3. The fraction of sp³-hybridized carbons (Fsp3) is 0. The highest BCUT2D eigenvalue weighted by Crippen LogP contribution is 2.27. The van der Waals surface area contributed by atoms with E-state index in [0.717, 1.165) is 5.69 Å². The third-order valence-corrected chi connectivity index (χ3v) is 4.43. The smallest absolute Gasteiger partial charge is 0.269 e. The van der Waals surface area contributed by atoms with E-state index in [0.29, 0.717) is 27.7 Å². The molecule has 1 aromatic heterocycles. The minimum atomic E-state index is -0.466. The van der Waals surface area contributed by atoms with Crippen LogP contribution in [0.2, 0.25) is 0 Å². The first kappa shape index (κ1) is 18.5. The molecular weight excluding hydrogens is 395 g/mol. The number of aromatic amines is 1. The van der Waals surface area contributed by atoms with Crippen LogP contribution in [-0.4, -0.2) is 19.7 Å². The van der Waals surface area contributed by atoms with Crippen molar-refractivity contribution in [2.24, 2.45) is 0 Å². The van der Waals surface area contributed by atoms with Crippen LogP contribution in [0.4, 0.5) is 10.1 Å². The quantitative estimate of drug-likeness (QED) is 0.270. The number of non-ortho nitro benzene ring substituents is 1. The Balaban J connectivity index is 1.60. The lowest BCUT2D eigenvalue weighted by molar-refractivity contribution is -0.384. The minimum absolute atomic E-state index is 0.00430. The molecule has 0 atom stereocenters. The maximum absolute atomic E-state index is 13.2. The number of hydrogen-bond acceptors (Lipinski definition) is 5. The molecule has 1 N–H and O–H groups in total. The van der Waals surface area contributed by atoms with Crippen LogP contribution in [0, 0.1) is 20.7 Å². The standard InChI is InChI=1S/C20H13FN4O3S/c21-14-3-1-13(2-4-14)19-22-23-20(29)24(19)15-5-9-17(10-6-15)28-18-11-7-16(8-12-18)25(26)27/h1-12H,(H,23,29). The second kappa shape index (κ2) is 7.64. The van der Waals surface area contributed by atoms with Crippen LogP contribution < -0.4 is 4.74 Å². The second-order valence-corrected chi connectivity index (χ2v) is 6.43. The van der Waals surface area contributed by atoms with Crippen molar-refractivity contribution < 1.29 is 14.1 Å². The van der Waals surface area contributed by atoms with E-state index in [9.17, 15) is 14.5 Å². The highest BCUT2D eigenvalue weighted by Gasteiger charge is 2.11. The highest BCUT2D eigenvalue weighted by atomic mass is 32.1. The molecule has 29 heavy (non-hydrogen) atoms. The summed E-state index contributed by atoms with van der Waals surface area (Å²) < 4.78 is 21.1. The normalized spacial score (nSPS) is 10.7. The molecule has 9 heteroatoms. The van der Waals surface area contributed by atoms with Gasteiger partial charge in [-0.2, -0.15) is 5.10 Å². The summed E-state index contributed by atoms with van der Waals surface area (Å²) in [4.78, 5) is 10.3. The third kappa shape index (κ3) is 3.90. The molecule has 0 aliphatic heterocycles. The van der Waals surface area contributed by atoms with Crippen molar-refractivity contribution in [1.29, 1.82) is 0 Å². The SMILES string of the molecule is O=[N+]([O-])c1ccc(Oc2ccc(-n3c(-c4ccc(F)cc4)n[nH]c3=S)cc2)cc1. The molecular formula is C20H13FN4O3S. The minimum Gasteiger partial charge on any atom is -0.457 e. The zero-order chi connectivity index (χ0) is 20.4. The molecule has 0 spiro atoms. The number of halogens is 1. The molecule has 0 unspecified atom stereocenters. The van der Waals surface area contributed by atoms with Gasteiger partial charge < -0.3 is 4.74 Å². The summed E-state index contributed by atoms with van der Waals surface area (Å²) >= 11 is 5.34. The summed E-state index contributed by atoms with van der Waals surface area (Å²) in [7, 11) is 0. The van der Waals surface area contributed by atoms with Crippen LogP contribution in [-0.2, 0) is 0 Å². The Morgan fingerprint density at radius 2 is 1.55 bits per heavy atom. The van der Waals surface area contributed by atoms with Gasteiger partial charge in [-0.25, -0.2) is 4.39 Å². The number of benzene rings is 3. The lowest BCUT2D eigenvalue weighted by atomic mass is 10.2. The van der Waals surface area contributed by atoms with E-state index in [1.54, 1.807) is 41.0 Å². The van der Waals surface area contributed by atoms with Crippen molar-refractivity contribution in [3.63, 3.8) is 0 Å². The third-order valence-electron chi connectivity index (χ3n) is 4.15. The van der Waals surface area contributed by atoms with Gasteiger partial charge in [0.05, 0.1) is 10.6 Å². The van der Waals surface area contributed by atoms with Crippen LogP contribution in [0.5, 0.6) is 11.5 Å². The van der Waals surface area contributed by atoms with E-state index in [1.807, 2.05) is 0 Å². The molecule has 0 amide bonds. The number of nitrogens with one attached hydrogen (secondary N) is 1. The molecule has 0 aliphatic rings. The lowest BCUT2D eigenvalue weighted by Crippen LogP contribution is -1.98. The van der Waals surface area contributed by atoms with Gasteiger partial charge in [0.1, 0.15) is 17.3 Å². The summed E-state index contributed by atoms with van der Waals surface area (Å²) in [5.41, 5.74) is 1.46. The monoisotopic (exact) mass is 408 g/mol. The van der Waals surface area contributed by atoms with Crippen LogP contribution in [0.1, 0.15) is 0 Å². The van der Waals surface area contributed by atoms with Gasteiger partial charge in [-0.3, -0.25) is 19.8 Å². The van der Waals surface area contributed by atoms with Crippen molar-refractivity contribution in [2.75, 3.05) is 0 Å². The maximum atomic E-state index is 13.2. The molecule has 4 rings (SSSR count). The van der Waals surface area contributed by atoms with Crippen LogP contribution >= 0.6 is 12.2 Å². The Morgan fingerprint density at radius 1 is 0.966 bits per heavy atom. The molecule has 4 aromatic rings. The molecule has 7 nitrogen and oxygen atoms in total. The van der Waals surface area contributed by atoms with Crippen LogP contribution in [0.3, 0.4) is 0 Å². The number of nitro groups is 1. The summed E-state index contributed by atoms with van der Waals surface area (Å²) in [6.45, 7) is 0. The highest BCUT2D eigenvalue weighted by molar-refractivity contribution is 7.71. The Morgan fingerprint density at radius 3 is 2.14 bits per heavy atom. The van der Waals surface area contributed by atoms with E-state index in [4.69, 9.17) is 17.0 Å². The van der Waals surface area contributed by atoms with Crippen molar-refractivity contribution >= 4 is 17.9 Å². The van der Waals surface area contributed by atoms with Gasteiger partial charge in [-0.1, -0.05) is 0 Å². The zero-order valence-corrected chi connectivity index (χ0v) is 15.6. The Kier molecular flexibility index (Phi) is 4.88. The van der Waals surface area contributed by atoms with E-state index in [2.05, 4.69) is 10.2 Å². The summed E-state index contributed by atoms with van der Waals surface area (Å²) in [6.07, 6.45) is 0. The maximum Gasteiger partial charge on any atom is 0.269 e. The van der Waals surface area contributed by atoms with Crippen molar-refractivity contribution in [2.45, 2.75) is 0 Å². The largest absolute Gasteiger partial charge is 0.457 e. The van der Waals surface area contributed by atoms with E-state index in [-0.39, 0.29) is 11.5 Å². The fourth-order valence-electron chi connectivity index (χ4n) is 2.76. The topological polar surface area (TPSA) is 86.0 Å².